The number of imidazole rings is 1. The normalized spacial score (nSPS) is 11.0. The molecule has 0 atom stereocenters. The Balaban J connectivity index is 0.000000383. The Kier molecular flexibility index (Phi) is 6.25. The van der Waals surface area contributed by atoms with Gasteiger partial charge >= 0.3 is 0 Å². The van der Waals surface area contributed by atoms with E-state index in [-0.39, 0.29) is 0 Å². The van der Waals surface area contributed by atoms with Gasteiger partial charge in [-0.2, -0.15) is 4.57 Å². The van der Waals surface area contributed by atoms with Gasteiger partial charge in [0.25, 0.3) is 0 Å². The lowest BCUT2D eigenvalue weighted by Crippen LogP contribution is -2.68. The Morgan fingerprint density at radius 1 is 1.10 bits per heavy atom. The van der Waals surface area contributed by atoms with Gasteiger partial charge in [-0.25, -0.2) is 23.6 Å². The van der Waals surface area contributed by atoms with E-state index in [1.165, 1.54) is 22.6 Å². The van der Waals surface area contributed by atoms with Crippen LogP contribution in [0.4, 0.5) is 0 Å². The molecule has 21 heavy (non-hydrogen) atoms. The molecule has 0 unspecified atom stereocenters. The summed E-state index contributed by atoms with van der Waals surface area (Å²) in [6.07, 6.45) is 4.61. The third-order valence-corrected chi connectivity index (χ3v) is 2.88. The van der Waals surface area contributed by atoms with E-state index in [0.29, 0.717) is 0 Å². The minimum Gasteiger partial charge on any atom is -0.348 e. The number of aryl methyl sites for hydroxylation is 4. The molecule has 2 aromatic rings. The summed E-state index contributed by atoms with van der Waals surface area (Å²) in [4.78, 5) is 7.16. The quantitative estimate of drug-likeness (QED) is 0.609. The third kappa shape index (κ3) is 7.16. The van der Waals surface area contributed by atoms with Gasteiger partial charge in [0.15, 0.2) is 17.9 Å². The SMILES string of the molecule is Cc1cc(C)[n+](CCc2cnc[nH]2)c(C)c1.[O-][Cl+3]([O-])([O-])[O-]. The zero-order valence-corrected chi connectivity index (χ0v) is 12.9. The predicted octanol–water partition coefficient (Wildman–Crippen LogP) is -2.89. The van der Waals surface area contributed by atoms with Crippen LogP contribution in [0.5, 0.6) is 0 Å². The summed E-state index contributed by atoms with van der Waals surface area (Å²) in [5.41, 5.74) is 5.15. The maximum Gasteiger partial charge on any atom is 0.178 e. The number of aromatic amines is 1. The Morgan fingerprint density at radius 3 is 2.05 bits per heavy atom. The topological polar surface area (TPSA) is 125 Å². The highest BCUT2D eigenvalue weighted by atomic mass is 35.7. The number of aromatic nitrogens is 3. The monoisotopic (exact) mass is 315 g/mol. The van der Waals surface area contributed by atoms with Crippen LogP contribution in [0.25, 0.3) is 0 Å². The summed E-state index contributed by atoms with van der Waals surface area (Å²) in [7, 11) is -4.94. The molecule has 0 bridgehead atoms. The van der Waals surface area contributed by atoms with Crippen molar-refractivity contribution in [1.82, 2.24) is 9.97 Å². The second-order valence-corrected chi connectivity index (χ2v) is 5.43. The van der Waals surface area contributed by atoms with Crippen molar-refractivity contribution in [3.8, 4) is 0 Å². The number of hydrogen-bond donors (Lipinski definition) is 1. The number of pyridine rings is 1. The van der Waals surface area contributed by atoms with Crippen LogP contribution >= 0.6 is 0 Å². The molecule has 0 saturated carbocycles. The van der Waals surface area contributed by atoms with Crippen molar-refractivity contribution in [3.63, 3.8) is 0 Å². The van der Waals surface area contributed by atoms with Crippen molar-refractivity contribution in [2.45, 2.75) is 33.7 Å². The van der Waals surface area contributed by atoms with Crippen molar-refractivity contribution < 1.29 is 33.4 Å². The molecule has 0 fully saturated rings. The Bertz CT molecular complexity index is 538. The Morgan fingerprint density at radius 2 is 1.62 bits per heavy atom. The summed E-state index contributed by atoms with van der Waals surface area (Å²) in [5.74, 6) is 0. The minimum atomic E-state index is -4.94. The zero-order valence-electron chi connectivity index (χ0n) is 12.1. The zero-order chi connectivity index (χ0) is 16.0. The molecule has 0 aliphatic carbocycles. The highest BCUT2D eigenvalue weighted by Crippen LogP contribution is 2.02. The van der Waals surface area contributed by atoms with Gasteiger partial charge in [-0.3, -0.25) is 0 Å². The van der Waals surface area contributed by atoms with Crippen LogP contribution in [0, 0.1) is 31.0 Å². The molecule has 0 aliphatic heterocycles. The van der Waals surface area contributed by atoms with Gasteiger partial charge in [0.05, 0.1) is 6.33 Å². The average Bonchev–Trinajstić information content (AvgIpc) is 2.78. The van der Waals surface area contributed by atoms with Crippen LogP contribution in [0.3, 0.4) is 0 Å². The summed E-state index contributed by atoms with van der Waals surface area (Å²) in [6.45, 7) is 7.46. The second kappa shape index (κ2) is 7.48. The lowest BCUT2D eigenvalue weighted by atomic mass is 10.2. The molecule has 8 heteroatoms. The van der Waals surface area contributed by atoms with E-state index in [9.17, 15) is 0 Å². The second-order valence-electron chi connectivity index (χ2n) is 4.67. The molecule has 2 rings (SSSR count). The third-order valence-electron chi connectivity index (χ3n) is 2.88. The van der Waals surface area contributed by atoms with Gasteiger partial charge in [-0.05, 0) is 12.5 Å². The molecule has 0 spiro atoms. The molecule has 0 amide bonds. The van der Waals surface area contributed by atoms with Crippen molar-refractivity contribution in [1.29, 1.82) is 0 Å². The van der Waals surface area contributed by atoms with Gasteiger partial charge in [-0.15, -0.1) is 10.2 Å². The summed E-state index contributed by atoms with van der Waals surface area (Å²) in [5, 5.41) is 0. The molecule has 116 valence electrons. The van der Waals surface area contributed by atoms with E-state index in [2.05, 4.69) is 47.4 Å². The smallest absolute Gasteiger partial charge is 0.178 e. The first kappa shape index (κ1) is 17.5. The molecular weight excluding hydrogens is 298 g/mol. The van der Waals surface area contributed by atoms with Gasteiger partial charge in [-0.1, -0.05) is 0 Å². The van der Waals surface area contributed by atoms with Gasteiger partial charge in [0.2, 0.25) is 0 Å². The van der Waals surface area contributed by atoms with E-state index in [1.54, 1.807) is 6.33 Å². The fraction of sp³-hybridized carbons (Fsp3) is 0.385. The molecule has 2 heterocycles. The predicted molar refractivity (Wildman–Crippen MR) is 63.1 cm³/mol. The number of halogens is 1. The molecule has 1 N–H and O–H groups in total. The van der Waals surface area contributed by atoms with Crippen molar-refractivity contribution in [2.24, 2.45) is 0 Å². The van der Waals surface area contributed by atoms with E-state index >= 15 is 0 Å². The average molecular weight is 316 g/mol. The first-order valence-electron chi connectivity index (χ1n) is 6.23. The minimum absolute atomic E-state index is 0.995. The molecule has 0 radical (unpaired) electrons. The molecule has 0 aliphatic rings. The standard InChI is InChI=1S/C13H18N3.ClHO4/c1-10-6-11(2)16(12(3)7-10)5-4-13-8-14-9-15-13;2-1(3,4)5/h6-9H,4-5H2,1-3H3,(H,14,15);(H,2,3,4,5)/q+1;/p-1. The summed E-state index contributed by atoms with van der Waals surface area (Å²) in [6, 6.07) is 4.44. The van der Waals surface area contributed by atoms with Crippen LogP contribution in [0.2, 0.25) is 0 Å². The first-order valence-corrected chi connectivity index (χ1v) is 7.47. The van der Waals surface area contributed by atoms with Crippen LogP contribution in [0.1, 0.15) is 22.6 Å². The van der Waals surface area contributed by atoms with Crippen LogP contribution in [-0.4, -0.2) is 9.97 Å². The molecule has 0 aromatic carbocycles. The van der Waals surface area contributed by atoms with Crippen molar-refractivity contribution in [3.05, 3.63) is 47.3 Å². The number of H-pyrrole nitrogens is 1. The van der Waals surface area contributed by atoms with E-state index in [1.807, 2.05) is 6.20 Å². The van der Waals surface area contributed by atoms with Crippen molar-refractivity contribution in [2.75, 3.05) is 0 Å². The highest BCUT2D eigenvalue weighted by molar-refractivity contribution is 5.13. The van der Waals surface area contributed by atoms with Crippen molar-refractivity contribution >= 4 is 0 Å². The summed E-state index contributed by atoms with van der Waals surface area (Å²) < 4.78 is 36.3. The van der Waals surface area contributed by atoms with E-state index in [4.69, 9.17) is 18.6 Å². The van der Waals surface area contributed by atoms with Crippen LogP contribution in [0.15, 0.2) is 24.7 Å². The largest absolute Gasteiger partial charge is 0.348 e. The first-order chi connectivity index (χ1) is 9.66. The Hall–Kier alpha value is -1.51. The maximum atomic E-state index is 8.49. The highest BCUT2D eigenvalue weighted by Gasteiger charge is 2.11. The van der Waals surface area contributed by atoms with Gasteiger partial charge in [0.1, 0.15) is 0 Å². The molecule has 2 aromatic heterocycles. The fourth-order valence-corrected chi connectivity index (χ4v) is 2.14. The van der Waals surface area contributed by atoms with Crippen LogP contribution in [-0.2, 0) is 13.0 Å². The number of hydrogen-bond acceptors (Lipinski definition) is 5. The maximum absolute atomic E-state index is 8.49. The summed E-state index contributed by atoms with van der Waals surface area (Å²) >= 11 is 0. The molecule has 0 saturated heterocycles. The van der Waals surface area contributed by atoms with Crippen LogP contribution < -0.4 is 23.2 Å². The van der Waals surface area contributed by atoms with Gasteiger partial charge < -0.3 is 4.98 Å². The van der Waals surface area contributed by atoms with E-state index < -0.39 is 10.2 Å². The molecular formula is C13H18ClN3O4. The Labute approximate surface area is 125 Å². The molecule has 7 nitrogen and oxygen atoms in total. The fourth-order valence-electron chi connectivity index (χ4n) is 2.14. The lowest BCUT2D eigenvalue weighted by Gasteiger charge is -2.17. The van der Waals surface area contributed by atoms with E-state index in [0.717, 1.165) is 13.0 Å². The number of nitrogens with one attached hydrogen (secondary N) is 1. The number of nitrogens with zero attached hydrogens (tertiary/aromatic N) is 2. The lowest BCUT2D eigenvalue weighted by molar-refractivity contribution is -2.00. The number of rotatable bonds is 3. The van der Waals surface area contributed by atoms with Gasteiger partial charge in [0, 0.05) is 44.3 Å².